The Balaban J connectivity index is 1.47. The molecule has 5 aromatic rings. The summed E-state index contributed by atoms with van der Waals surface area (Å²) >= 11 is 1.26. The number of fused-ring (bicyclic) bond motifs is 2. The minimum absolute atomic E-state index is 0.0135. The van der Waals surface area contributed by atoms with Gasteiger partial charge in [-0.05, 0) is 61.4 Å². The summed E-state index contributed by atoms with van der Waals surface area (Å²) in [5.74, 6) is -0.329. The topological polar surface area (TPSA) is 111 Å². The van der Waals surface area contributed by atoms with E-state index in [1.54, 1.807) is 36.4 Å². The van der Waals surface area contributed by atoms with Crippen molar-refractivity contribution in [3.63, 3.8) is 0 Å². The van der Waals surface area contributed by atoms with Gasteiger partial charge in [0.2, 0.25) is 5.78 Å². The number of rotatable bonds is 11. The summed E-state index contributed by atoms with van der Waals surface area (Å²) in [5.41, 5.74) is 1.60. The Morgan fingerprint density at radius 2 is 1.88 bits per heavy atom. The molecule has 1 atom stereocenters. The number of furan rings is 1. The molecule has 43 heavy (non-hydrogen) atoms. The van der Waals surface area contributed by atoms with Crippen LogP contribution in [0, 0.1) is 0 Å². The van der Waals surface area contributed by atoms with Gasteiger partial charge in [0.05, 0.1) is 42.2 Å². The molecule has 6 rings (SSSR count). The fraction of sp³-hybridized carbons (Fsp3) is 0.242. The Hall–Kier alpha value is -4.83. The van der Waals surface area contributed by atoms with E-state index in [-0.39, 0.29) is 11.3 Å². The number of ether oxygens (including phenoxy) is 3. The van der Waals surface area contributed by atoms with Crippen LogP contribution >= 0.6 is 11.3 Å². The standard InChI is InChI=1S/C33H30N2O7S/c1-4-6-15-41-24-14-11-20(17-25(24)39-3)29-28(30(36)26-16-19-9-7-8-10-23(19)42-26)31(37)32(38)35(29)33-34-22-13-12-21(40-5-2)18-27(22)43-33/h7-14,16-18,29,37H,4-6,15H2,1-3H3. The molecule has 0 aliphatic carbocycles. The largest absolute Gasteiger partial charge is 0.503 e. The molecule has 1 aliphatic heterocycles. The number of anilines is 1. The Bertz CT molecular complexity index is 1840. The highest BCUT2D eigenvalue weighted by Gasteiger charge is 2.47. The third kappa shape index (κ3) is 5.18. The summed E-state index contributed by atoms with van der Waals surface area (Å²) in [4.78, 5) is 33.9. The lowest BCUT2D eigenvalue weighted by Gasteiger charge is -2.25. The van der Waals surface area contributed by atoms with Gasteiger partial charge in [-0.25, -0.2) is 4.98 Å². The fourth-order valence-corrected chi connectivity index (χ4v) is 6.15. The summed E-state index contributed by atoms with van der Waals surface area (Å²) < 4.78 is 23.8. The van der Waals surface area contributed by atoms with Gasteiger partial charge in [0.1, 0.15) is 11.3 Å². The maximum Gasteiger partial charge on any atom is 0.296 e. The van der Waals surface area contributed by atoms with E-state index < -0.39 is 23.5 Å². The summed E-state index contributed by atoms with van der Waals surface area (Å²) in [6.45, 7) is 5.01. The maximum atomic E-state index is 14.0. The molecule has 3 aromatic carbocycles. The second kappa shape index (κ2) is 11.8. The van der Waals surface area contributed by atoms with E-state index in [2.05, 4.69) is 6.92 Å². The monoisotopic (exact) mass is 598 g/mol. The molecule has 2 aromatic heterocycles. The first-order valence-corrected chi connectivity index (χ1v) is 14.9. The smallest absolute Gasteiger partial charge is 0.296 e. The quantitative estimate of drug-likeness (QED) is 0.124. The van der Waals surface area contributed by atoms with Crippen LogP contribution in [-0.4, -0.2) is 42.1 Å². The zero-order chi connectivity index (χ0) is 30.1. The highest BCUT2D eigenvalue weighted by Crippen LogP contribution is 2.46. The number of amides is 1. The zero-order valence-corrected chi connectivity index (χ0v) is 24.8. The number of hydrogen-bond acceptors (Lipinski definition) is 9. The van der Waals surface area contributed by atoms with Crippen molar-refractivity contribution in [2.75, 3.05) is 25.2 Å². The number of ketones is 1. The van der Waals surface area contributed by atoms with Gasteiger partial charge in [-0.3, -0.25) is 14.5 Å². The van der Waals surface area contributed by atoms with Crippen LogP contribution < -0.4 is 19.1 Å². The molecule has 0 saturated carbocycles. The van der Waals surface area contributed by atoms with Crippen LogP contribution in [0.25, 0.3) is 21.2 Å². The van der Waals surface area contributed by atoms with E-state index >= 15 is 0 Å². The number of methoxy groups -OCH3 is 1. The number of thiazole rings is 1. The first kappa shape index (κ1) is 28.3. The molecule has 1 unspecified atom stereocenters. The van der Waals surface area contributed by atoms with E-state index in [4.69, 9.17) is 23.6 Å². The summed E-state index contributed by atoms with van der Waals surface area (Å²) in [6, 6.07) is 18.5. The van der Waals surface area contributed by atoms with Gasteiger partial charge in [-0.1, -0.05) is 48.9 Å². The lowest BCUT2D eigenvalue weighted by molar-refractivity contribution is -0.117. The number of benzene rings is 3. The van der Waals surface area contributed by atoms with Gasteiger partial charge < -0.3 is 23.7 Å². The molecule has 0 bridgehead atoms. The van der Waals surface area contributed by atoms with Crippen molar-refractivity contribution in [2.24, 2.45) is 0 Å². The van der Waals surface area contributed by atoms with Crippen molar-refractivity contribution < 1.29 is 33.3 Å². The van der Waals surface area contributed by atoms with E-state index in [1.165, 1.54) is 23.3 Å². The third-order valence-electron chi connectivity index (χ3n) is 7.23. The second-order valence-electron chi connectivity index (χ2n) is 9.99. The van der Waals surface area contributed by atoms with Crippen LogP contribution in [0.2, 0.25) is 0 Å². The predicted molar refractivity (Wildman–Crippen MR) is 165 cm³/mol. The van der Waals surface area contributed by atoms with Gasteiger partial charge in [0, 0.05) is 5.39 Å². The molecule has 10 heteroatoms. The van der Waals surface area contributed by atoms with E-state index in [1.807, 2.05) is 37.3 Å². The average molecular weight is 599 g/mol. The number of hydrogen-bond donors (Lipinski definition) is 1. The Labute approximate surface area is 251 Å². The van der Waals surface area contributed by atoms with E-state index in [0.717, 1.165) is 22.9 Å². The third-order valence-corrected chi connectivity index (χ3v) is 8.24. The van der Waals surface area contributed by atoms with Crippen LogP contribution in [0.5, 0.6) is 17.2 Å². The number of carbonyl (C=O) groups excluding carboxylic acids is 2. The molecule has 1 aliphatic rings. The number of unbranched alkanes of at least 4 members (excludes halogenated alkanes) is 1. The number of nitrogens with zero attached hydrogens (tertiary/aromatic N) is 2. The molecule has 0 spiro atoms. The van der Waals surface area contributed by atoms with Crippen LogP contribution in [-0.2, 0) is 4.79 Å². The summed E-state index contributed by atoms with van der Waals surface area (Å²) in [6.07, 6.45) is 1.86. The average Bonchev–Trinajstić information content (AvgIpc) is 3.71. The SMILES string of the molecule is CCCCOc1ccc(C2C(C(=O)c3cc4ccccc4o3)=C(O)C(=O)N2c2nc3ccc(OCC)cc3s2)cc1OC. The number of aliphatic hydroxyl groups excluding tert-OH is 1. The Kier molecular flexibility index (Phi) is 7.77. The molecule has 1 N–H and O–H groups in total. The second-order valence-corrected chi connectivity index (χ2v) is 11.0. The molecule has 220 valence electrons. The summed E-state index contributed by atoms with van der Waals surface area (Å²) in [5, 5.41) is 12.3. The van der Waals surface area contributed by atoms with E-state index in [0.29, 0.717) is 52.3 Å². The van der Waals surface area contributed by atoms with Crippen molar-refractivity contribution in [1.82, 2.24) is 4.98 Å². The van der Waals surface area contributed by atoms with Gasteiger partial charge in [0.25, 0.3) is 5.91 Å². The van der Waals surface area contributed by atoms with Gasteiger partial charge in [-0.2, -0.15) is 0 Å². The van der Waals surface area contributed by atoms with Crippen molar-refractivity contribution in [3.8, 4) is 17.2 Å². The highest BCUT2D eigenvalue weighted by molar-refractivity contribution is 7.22. The minimum atomic E-state index is -1.02. The first-order chi connectivity index (χ1) is 20.9. The molecule has 3 heterocycles. The molecular weight excluding hydrogens is 568 g/mol. The predicted octanol–water partition coefficient (Wildman–Crippen LogP) is 7.41. The molecule has 0 saturated heterocycles. The normalized spacial score (nSPS) is 15.1. The van der Waals surface area contributed by atoms with Crippen molar-refractivity contribution in [1.29, 1.82) is 0 Å². The van der Waals surface area contributed by atoms with Gasteiger partial charge >= 0.3 is 0 Å². The van der Waals surface area contributed by atoms with Gasteiger partial charge in [0.15, 0.2) is 28.1 Å². The highest BCUT2D eigenvalue weighted by atomic mass is 32.1. The van der Waals surface area contributed by atoms with Crippen LogP contribution in [0.4, 0.5) is 5.13 Å². The lowest BCUT2D eigenvalue weighted by atomic mass is 9.95. The number of aromatic nitrogens is 1. The number of aliphatic hydroxyl groups is 1. The van der Waals surface area contributed by atoms with Crippen LogP contribution in [0.3, 0.4) is 0 Å². The molecular formula is C33H30N2O7S. The zero-order valence-electron chi connectivity index (χ0n) is 24.0. The fourth-order valence-electron chi connectivity index (χ4n) is 5.13. The summed E-state index contributed by atoms with van der Waals surface area (Å²) in [7, 11) is 1.53. The molecule has 0 radical (unpaired) electrons. The van der Waals surface area contributed by atoms with Crippen LogP contribution in [0.15, 0.2) is 82.5 Å². The molecule has 1 amide bonds. The maximum absolute atomic E-state index is 14.0. The number of carbonyl (C=O) groups is 2. The molecule has 9 nitrogen and oxygen atoms in total. The lowest BCUT2D eigenvalue weighted by Crippen LogP contribution is -2.31. The minimum Gasteiger partial charge on any atom is -0.503 e. The number of para-hydroxylation sites is 1. The first-order valence-electron chi connectivity index (χ1n) is 14.1. The Morgan fingerprint density at radius 3 is 2.65 bits per heavy atom. The van der Waals surface area contributed by atoms with Crippen molar-refractivity contribution in [3.05, 3.63) is 89.4 Å². The van der Waals surface area contributed by atoms with Gasteiger partial charge in [-0.15, -0.1) is 0 Å². The molecule has 0 fully saturated rings. The number of Topliss-reactive ketones (excluding diaryl/α,β-unsaturated/α-hetero) is 1. The van der Waals surface area contributed by atoms with Crippen molar-refractivity contribution >= 4 is 49.3 Å². The Morgan fingerprint density at radius 1 is 1.05 bits per heavy atom. The van der Waals surface area contributed by atoms with Crippen LogP contribution in [0.1, 0.15) is 48.8 Å². The van der Waals surface area contributed by atoms with E-state index in [9.17, 15) is 14.7 Å². The van der Waals surface area contributed by atoms with Crippen molar-refractivity contribution in [2.45, 2.75) is 32.7 Å².